The SMILES string of the molecule is CSc1nc(-c2cnc3c(n2)c(C(=O)NC(C)C)cn3SF)c2ccc(F)cn12. The number of amides is 1. The van der Waals surface area contributed by atoms with Gasteiger partial charge in [0.25, 0.3) is 5.91 Å². The fourth-order valence-corrected chi connectivity index (χ4v) is 3.88. The molecular weight excluding hydrogens is 418 g/mol. The molecule has 0 aliphatic heterocycles. The van der Waals surface area contributed by atoms with Crippen molar-refractivity contribution in [3.8, 4) is 11.4 Å². The van der Waals surface area contributed by atoms with E-state index in [0.717, 1.165) is 3.97 Å². The van der Waals surface area contributed by atoms with Crippen LogP contribution in [0.5, 0.6) is 0 Å². The van der Waals surface area contributed by atoms with Crippen LogP contribution in [0.3, 0.4) is 0 Å². The molecule has 150 valence electrons. The van der Waals surface area contributed by atoms with Crippen LogP contribution in [0.2, 0.25) is 0 Å². The second-order valence-corrected chi connectivity index (χ2v) is 7.85. The minimum Gasteiger partial charge on any atom is -0.350 e. The van der Waals surface area contributed by atoms with Crippen molar-refractivity contribution in [3.63, 3.8) is 0 Å². The van der Waals surface area contributed by atoms with Crippen LogP contribution in [0.4, 0.5) is 8.28 Å². The number of nitrogens with one attached hydrogen (secondary N) is 1. The molecule has 0 aromatic carbocycles. The first-order valence-electron chi connectivity index (χ1n) is 8.63. The summed E-state index contributed by atoms with van der Waals surface area (Å²) in [4.78, 5) is 26.0. The lowest BCUT2D eigenvalue weighted by molar-refractivity contribution is 0.0944. The standard InChI is InChI=1S/C18H16F2N6OS2/c1-9(2)22-17(27)11-8-26(29-20)16-14(11)23-12(6-21-16)15-13-5-4-10(19)7-25(13)18(24-15)28-3/h4-9H,1-3H3,(H,22,27). The van der Waals surface area contributed by atoms with Crippen LogP contribution in [0.1, 0.15) is 24.2 Å². The van der Waals surface area contributed by atoms with Gasteiger partial charge in [0.15, 0.2) is 23.1 Å². The molecule has 0 atom stereocenters. The minimum absolute atomic E-state index is 0.0616. The molecule has 0 saturated carbocycles. The Kier molecular flexibility index (Phi) is 5.17. The molecule has 0 unspecified atom stereocenters. The van der Waals surface area contributed by atoms with Crippen molar-refractivity contribution in [1.29, 1.82) is 0 Å². The summed E-state index contributed by atoms with van der Waals surface area (Å²) in [6, 6.07) is 2.86. The largest absolute Gasteiger partial charge is 0.350 e. The van der Waals surface area contributed by atoms with Crippen LogP contribution in [0.15, 0.2) is 35.9 Å². The van der Waals surface area contributed by atoms with Crippen molar-refractivity contribution in [3.05, 3.63) is 42.1 Å². The third kappa shape index (κ3) is 3.44. The smallest absolute Gasteiger partial charge is 0.255 e. The normalized spacial score (nSPS) is 11.7. The highest BCUT2D eigenvalue weighted by Crippen LogP contribution is 2.30. The number of aromatic nitrogens is 5. The Balaban J connectivity index is 1.92. The average molecular weight is 434 g/mol. The molecule has 7 nitrogen and oxygen atoms in total. The Morgan fingerprint density at radius 3 is 2.72 bits per heavy atom. The van der Waals surface area contributed by atoms with Gasteiger partial charge in [-0.1, -0.05) is 11.8 Å². The molecular formula is C18H16F2N6OS2. The number of halogens is 2. The zero-order valence-corrected chi connectivity index (χ0v) is 17.3. The highest BCUT2D eigenvalue weighted by molar-refractivity contribution is 7.98. The van der Waals surface area contributed by atoms with E-state index in [0.29, 0.717) is 22.1 Å². The van der Waals surface area contributed by atoms with E-state index in [-0.39, 0.29) is 46.8 Å². The van der Waals surface area contributed by atoms with Crippen LogP contribution in [0, 0.1) is 5.82 Å². The number of carbonyl (C=O) groups is 1. The van der Waals surface area contributed by atoms with E-state index in [1.54, 1.807) is 10.5 Å². The summed E-state index contributed by atoms with van der Waals surface area (Å²) in [6.07, 6.45) is 6.02. The first-order chi connectivity index (χ1) is 13.9. The molecule has 0 fully saturated rings. The van der Waals surface area contributed by atoms with Crippen molar-refractivity contribution in [2.24, 2.45) is 0 Å². The van der Waals surface area contributed by atoms with Gasteiger partial charge in [0.1, 0.15) is 22.7 Å². The average Bonchev–Trinajstić information content (AvgIpc) is 3.24. The lowest BCUT2D eigenvalue weighted by Crippen LogP contribution is -2.30. The van der Waals surface area contributed by atoms with E-state index in [4.69, 9.17) is 0 Å². The Morgan fingerprint density at radius 2 is 2.03 bits per heavy atom. The number of nitrogens with zero attached hydrogens (tertiary/aromatic N) is 5. The molecule has 1 N–H and O–H groups in total. The first kappa shape index (κ1) is 19.6. The molecule has 4 rings (SSSR count). The maximum Gasteiger partial charge on any atom is 0.255 e. The zero-order chi connectivity index (χ0) is 20.7. The monoisotopic (exact) mass is 434 g/mol. The van der Waals surface area contributed by atoms with Gasteiger partial charge in [-0.05, 0) is 32.2 Å². The molecule has 0 spiro atoms. The highest BCUT2D eigenvalue weighted by atomic mass is 32.2. The topological polar surface area (TPSA) is 77.1 Å². The summed E-state index contributed by atoms with van der Waals surface area (Å²) in [5, 5.41) is 3.37. The van der Waals surface area contributed by atoms with Crippen molar-refractivity contribution in [1.82, 2.24) is 28.6 Å². The molecule has 0 aliphatic carbocycles. The van der Waals surface area contributed by atoms with Gasteiger partial charge in [-0.15, -0.1) is 3.89 Å². The summed E-state index contributed by atoms with van der Waals surface area (Å²) in [7, 11) is 0. The zero-order valence-electron chi connectivity index (χ0n) is 15.7. The lowest BCUT2D eigenvalue weighted by Gasteiger charge is -2.06. The fraction of sp³-hybridized carbons (Fsp3) is 0.222. The molecule has 0 radical (unpaired) electrons. The maximum absolute atomic E-state index is 13.7. The van der Waals surface area contributed by atoms with Crippen molar-refractivity contribution in [2.75, 3.05) is 6.26 Å². The van der Waals surface area contributed by atoms with Crippen molar-refractivity contribution in [2.45, 2.75) is 25.0 Å². The van der Waals surface area contributed by atoms with Crippen molar-refractivity contribution >= 4 is 46.7 Å². The molecule has 4 aromatic heterocycles. The molecule has 4 aromatic rings. The van der Waals surface area contributed by atoms with Gasteiger partial charge < -0.3 is 5.32 Å². The van der Waals surface area contributed by atoms with Gasteiger partial charge in [0.2, 0.25) is 0 Å². The molecule has 0 bridgehead atoms. The summed E-state index contributed by atoms with van der Waals surface area (Å²) < 4.78 is 29.8. The van der Waals surface area contributed by atoms with Gasteiger partial charge in [-0.25, -0.2) is 23.3 Å². The third-order valence-electron chi connectivity index (χ3n) is 4.20. The Labute approximate surface area is 173 Å². The summed E-state index contributed by atoms with van der Waals surface area (Å²) >= 11 is 1.30. The minimum atomic E-state index is -0.386. The quantitative estimate of drug-likeness (QED) is 0.476. The van der Waals surface area contributed by atoms with Crippen LogP contribution in [0.25, 0.3) is 28.1 Å². The van der Waals surface area contributed by atoms with Gasteiger partial charge in [-0.2, -0.15) is 0 Å². The summed E-state index contributed by atoms with van der Waals surface area (Å²) in [5.41, 5.74) is 2.26. The number of hydrogen-bond donors (Lipinski definition) is 1. The van der Waals surface area contributed by atoms with Crippen LogP contribution in [-0.4, -0.2) is 41.5 Å². The molecule has 4 heterocycles. The molecule has 11 heteroatoms. The van der Waals surface area contributed by atoms with Gasteiger partial charge >= 0.3 is 0 Å². The molecule has 0 aliphatic rings. The predicted octanol–water partition coefficient (Wildman–Crippen LogP) is 4.13. The number of imidazole rings is 1. The van der Waals surface area contributed by atoms with E-state index >= 15 is 0 Å². The lowest BCUT2D eigenvalue weighted by atomic mass is 10.2. The van der Waals surface area contributed by atoms with Gasteiger partial charge in [0.05, 0.1) is 17.3 Å². The maximum atomic E-state index is 13.7. The number of thioether (sulfide) groups is 1. The van der Waals surface area contributed by atoms with E-state index in [1.807, 2.05) is 20.1 Å². The summed E-state index contributed by atoms with van der Waals surface area (Å²) in [5.74, 6) is -0.756. The van der Waals surface area contributed by atoms with Crippen LogP contribution < -0.4 is 5.32 Å². The van der Waals surface area contributed by atoms with Gasteiger partial charge in [0, 0.05) is 18.4 Å². The number of fused-ring (bicyclic) bond motifs is 2. The number of carbonyl (C=O) groups excluding carboxylic acids is 1. The second-order valence-electron chi connectivity index (χ2n) is 6.54. The highest BCUT2D eigenvalue weighted by Gasteiger charge is 2.21. The van der Waals surface area contributed by atoms with Gasteiger partial charge in [-0.3, -0.25) is 9.20 Å². The molecule has 0 saturated heterocycles. The Hall–Kier alpha value is -2.66. The van der Waals surface area contributed by atoms with E-state index in [9.17, 15) is 13.1 Å². The Morgan fingerprint density at radius 1 is 1.24 bits per heavy atom. The fourth-order valence-electron chi connectivity index (χ4n) is 3.00. The predicted molar refractivity (Wildman–Crippen MR) is 110 cm³/mol. The number of hydrogen-bond acceptors (Lipinski definition) is 6. The van der Waals surface area contributed by atoms with E-state index < -0.39 is 0 Å². The number of pyridine rings is 1. The van der Waals surface area contributed by atoms with Crippen molar-refractivity contribution < 1.29 is 13.1 Å². The molecule has 29 heavy (non-hydrogen) atoms. The third-order valence-corrected chi connectivity index (χ3v) is 5.28. The number of rotatable bonds is 5. The van der Waals surface area contributed by atoms with Crippen LogP contribution >= 0.6 is 24.1 Å². The van der Waals surface area contributed by atoms with E-state index in [2.05, 4.69) is 20.3 Å². The van der Waals surface area contributed by atoms with E-state index in [1.165, 1.54) is 36.4 Å². The Bertz CT molecular complexity index is 1240. The second kappa shape index (κ2) is 7.64. The van der Waals surface area contributed by atoms with Crippen LogP contribution in [-0.2, 0) is 0 Å². The molecule has 1 amide bonds. The summed E-state index contributed by atoms with van der Waals surface area (Å²) in [6.45, 7) is 3.66. The first-order valence-corrected chi connectivity index (χ1v) is 10.5.